The summed E-state index contributed by atoms with van der Waals surface area (Å²) in [4.78, 5) is 10.8. The van der Waals surface area contributed by atoms with Crippen molar-refractivity contribution >= 4 is 6.29 Å². The van der Waals surface area contributed by atoms with Gasteiger partial charge in [-0.3, -0.25) is 4.79 Å². The first-order chi connectivity index (χ1) is 7.70. The van der Waals surface area contributed by atoms with E-state index in [1.807, 2.05) is 13.8 Å². The van der Waals surface area contributed by atoms with Crippen LogP contribution in [0, 0.1) is 0 Å². The molecule has 0 aliphatic rings. The Morgan fingerprint density at radius 2 is 2.12 bits per heavy atom. The molecule has 16 heavy (non-hydrogen) atoms. The van der Waals surface area contributed by atoms with Gasteiger partial charge in [0.05, 0.1) is 5.69 Å². The number of carbonyl (C=O) groups excluding carboxylic acids is 1. The van der Waals surface area contributed by atoms with E-state index < -0.39 is 0 Å². The molecule has 1 N–H and O–H groups in total. The second kappa shape index (κ2) is 6.37. The summed E-state index contributed by atoms with van der Waals surface area (Å²) < 4.78 is 1.80. The van der Waals surface area contributed by atoms with Gasteiger partial charge in [-0.2, -0.15) is 0 Å². The number of aldehydes is 1. The minimum absolute atomic E-state index is 0.230. The summed E-state index contributed by atoms with van der Waals surface area (Å²) >= 11 is 0. The highest BCUT2D eigenvalue weighted by Gasteiger charge is 2.14. The molecule has 0 aromatic carbocycles. The zero-order valence-electron chi connectivity index (χ0n) is 9.89. The highest BCUT2D eigenvalue weighted by atomic mass is 16.2. The molecule has 1 heterocycles. The third-order valence-electron chi connectivity index (χ3n) is 2.49. The first kappa shape index (κ1) is 12.8. The lowest BCUT2D eigenvalue weighted by molar-refractivity contribution is 0.111. The van der Waals surface area contributed by atoms with Gasteiger partial charge in [0, 0.05) is 13.2 Å². The van der Waals surface area contributed by atoms with Crippen LogP contribution < -0.4 is 0 Å². The zero-order chi connectivity index (χ0) is 12.0. The van der Waals surface area contributed by atoms with Crippen LogP contribution in [-0.4, -0.2) is 33.0 Å². The summed E-state index contributed by atoms with van der Waals surface area (Å²) in [5, 5.41) is 16.5. The monoisotopic (exact) mass is 225 g/mol. The predicted molar refractivity (Wildman–Crippen MR) is 60.4 cm³/mol. The molecule has 1 rings (SSSR count). The smallest absolute Gasteiger partial charge is 0.172 e. The number of hydrogen-bond acceptors (Lipinski definition) is 4. The normalized spacial score (nSPS) is 11.0. The van der Waals surface area contributed by atoms with E-state index in [0.717, 1.165) is 37.8 Å². The molecule has 90 valence electrons. The molecule has 0 aliphatic carbocycles. The molecule has 0 saturated carbocycles. The maximum atomic E-state index is 10.8. The number of nitrogens with zero attached hydrogens (tertiary/aromatic N) is 3. The first-order valence-electron chi connectivity index (χ1n) is 5.70. The Balaban J connectivity index is 2.64. The fourth-order valence-corrected chi connectivity index (χ4v) is 1.73. The Bertz CT molecular complexity index is 334. The van der Waals surface area contributed by atoms with E-state index in [4.69, 9.17) is 5.11 Å². The van der Waals surface area contributed by atoms with Crippen LogP contribution in [0.3, 0.4) is 0 Å². The predicted octanol–water partition coefficient (Wildman–Crippen LogP) is 1.38. The van der Waals surface area contributed by atoms with Crippen LogP contribution in [0.1, 0.15) is 55.2 Å². The number of carbonyl (C=O) groups is 1. The van der Waals surface area contributed by atoms with Gasteiger partial charge in [-0.25, -0.2) is 4.68 Å². The quantitative estimate of drug-likeness (QED) is 0.562. The maximum Gasteiger partial charge on any atom is 0.172 e. The molecule has 0 atom stereocenters. The summed E-state index contributed by atoms with van der Waals surface area (Å²) in [7, 11) is 0. The van der Waals surface area contributed by atoms with Crippen molar-refractivity contribution in [3.63, 3.8) is 0 Å². The number of hydrogen-bond donors (Lipinski definition) is 1. The molecule has 1 aromatic rings. The third-order valence-corrected chi connectivity index (χ3v) is 2.49. The summed E-state index contributed by atoms with van der Waals surface area (Å²) in [6, 6.07) is 0. The SMILES string of the molecule is CC(C)c1c(C=O)nnn1CCCCCO. The van der Waals surface area contributed by atoms with Gasteiger partial charge in [0.25, 0.3) is 0 Å². The summed E-state index contributed by atoms with van der Waals surface area (Å²) in [6.07, 6.45) is 3.48. The van der Waals surface area contributed by atoms with E-state index in [0.29, 0.717) is 5.69 Å². The van der Waals surface area contributed by atoms with Crippen molar-refractivity contribution in [3.8, 4) is 0 Å². The summed E-state index contributed by atoms with van der Waals surface area (Å²) in [5.74, 6) is 0.244. The highest BCUT2D eigenvalue weighted by Crippen LogP contribution is 2.16. The Morgan fingerprint density at radius 1 is 1.38 bits per heavy atom. The van der Waals surface area contributed by atoms with Gasteiger partial charge in [-0.1, -0.05) is 19.1 Å². The van der Waals surface area contributed by atoms with E-state index in [-0.39, 0.29) is 12.5 Å². The molecule has 1 aromatic heterocycles. The highest BCUT2D eigenvalue weighted by molar-refractivity contribution is 5.73. The average Bonchev–Trinajstić information content (AvgIpc) is 2.67. The van der Waals surface area contributed by atoms with Crippen LogP contribution >= 0.6 is 0 Å². The number of rotatable bonds is 7. The molecule has 0 bridgehead atoms. The van der Waals surface area contributed by atoms with Crippen molar-refractivity contribution in [2.24, 2.45) is 0 Å². The van der Waals surface area contributed by atoms with E-state index >= 15 is 0 Å². The molecule has 0 aliphatic heterocycles. The molecule has 0 saturated heterocycles. The number of aliphatic hydroxyl groups is 1. The van der Waals surface area contributed by atoms with Crippen LogP contribution in [0.25, 0.3) is 0 Å². The summed E-state index contributed by atoms with van der Waals surface area (Å²) in [5.41, 5.74) is 1.34. The average molecular weight is 225 g/mol. The molecular formula is C11H19N3O2. The minimum atomic E-state index is 0.230. The van der Waals surface area contributed by atoms with Crippen molar-refractivity contribution < 1.29 is 9.90 Å². The van der Waals surface area contributed by atoms with Crippen LogP contribution in [0.2, 0.25) is 0 Å². The topological polar surface area (TPSA) is 68.0 Å². The molecule has 0 spiro atoms. The second-order valence-corrected chi connectivity index (χ2v) is 4.14. The molecular weight excluding hydrogens is 206 g/mol. The standard InChI is InChI=1S/C11H19N3O2/c1-9(2)11-10(8-16)12-13-14(11)6-4-3-5-7-15/h8-9,15H,3-7H2,1-2H3. The number of aromatic nitrogens is 3. The van der Waals surface area contributed by atoms with Gasteiger partial charge in [-0.15, -0.1) is 5.10 Å². The van der Waals surface area contributed by atoms with Gasteiger partial charge < -0.3 is 5.11 Å². The van der Waals surface area contributed by atoms with Gasteiger partial charge in [-0.05, 0) is 25.2 Å². The Morgan fingerprint density at radius 3 is 2.69 bits per heavy atom. The van der Waals surface area contributed by atoms with Crippen LogP contribution in [-0.2, 0) is 6.54 Å². The van der Waals surface area contributed by atoms with Crippen molar-refractivity contribution in [2.45, 2.75) is 45.6 Å². The van der Waals surface area contributed by atoms with Crippen molar-refractivity contribution in [1.82, 2.24) is 15.0 Å². The van der Waals surface area contributed by atoms with Gasteiger partial charge in [0.1, 0.15) is 5.69 Å². The Hall–Kier alpha value is -1.23. The molecule has 0 unspecified atom stereocenters. The molecule has 0 amide bonds. The first-order valence-corrected chi connectivity index (χ1v) is 5.70. The van der Waals surface area contributed by atoms with E-state index in [1.54, 1.807) is 4.68 Å². The van der Waals surface area contributed by atoms with Gasteiger partial charge in [0.15, 0.2) is 6.29 Å². The van der Waals surface area contributed by atoms with Gasteiger partial charge >= 0.3 is 0 Å². The summed E-state index contributed by atoms with van der Waals surface area (Å²) in [6.45, 7) is 5.04. The number of aliphatic hydroxyl groups excluding tert-OH is 1. The fraction of sp³-hybridized carbons (Fsp3) is 0.727. The number of aryl methyl sites for hydroxylation is 1. The Labute approximate surface area is 95.5 Å². The lowest BCUT2D eigenvalue weighted by Crippen LogP contribution is -2.08. The maximum absolute atomic E-state index is 10.8. The molecule has 0 radical (unpaired) electrons. The van der Waals surface area contributed by atoms with Gasteiger partial charge in [0.2, 0.25) is 0 Å². The van der Waals surface area contributed by atoms with Crippen molar-refractivity contribution in [2.75, 3.05) is 6.61 Å². The van der Waals surface area contributed by atoms with Crippen molar-refractivity contribution in [3.05, 3.63) is 11.4 Å². The van der Waals surface area contributed by atoms with Crippen LogP contribution in [0.4, 0.5) is 0 Å². The van der Waals surface area contributed by atoms with E-state index in [2.05, 4.69) is 10.3 Å². The number of unbranched alkanes of at least 4 members (excludes halogenated alkanes) is 2. The third kappa shape index (κ3) is 3.13. The molecule has 0 fully saturated rings. The zero-order valence-corrected chi connectivity index (χ0v) is 9.89. The fourth-order valence-electron chi connectivity index (χ4n) is 1.73. The molecule has 5 nitrogen and oxygen atoms in total. The second-order valence-electron chi connectivity index (χ2n) is 4.14. The molecule has 5 heteroatoms. The lowest BCUT2D eigenvalue weighted by atomic mass is 10.1. The Kier molecular flexibility index (Phi) is 5.11. The minimum Gasteiger partial charge on any atom is -0.396 e. The van der Waals surface area contributed by atoms with Crippen molar-refractivity contribution in [1.29, 1.82) is 0 Å². The van der Waals surface area contributed by atoms with Crippen LogP contribution in [0.15, 0.2) is 0 Å². The lowest BCUT2D eigenvalue weighted by Gasteiger charge is -2.09. The largest absolute Gasteiger partial charge is 0.396 e. The van der Waals surface area contributed by atoms with E-state index in [9.17, 15) is 4.79 Å². The van der Waals surface area contributed by atoms with E-state index in [1.165, 1.54) is 0 Å². The van der Waals surface area contributed by atoms with Crippen LogP contribution in [0.5, 0.6) is 0 Å².